The normalized spacial score (nSPS) is 21.4. The van der Waals surface area contributed by atoms with Crippen molar-refractivity contribution in [3.8, 4) is 0 Å². The summed E-state index contributed by atoms with van der Waals surface area (Å²) in [4.78, 5) is 33.4. The number of carbonyl (C=O) groups is 2. The van der Waals surface area contributed by atoms with E-state index in [4.69, 9.17) is 4.74 Å². The highest BCUT2D eigenvalue weighted by Gasteiger charge is 2.39. The molecule has 0 bridgehead atoms. The summed E-state index contributed by atoms with van der Waals surface area (Å²) in [6.07, 6.45) is -3.88. The van der Waals surface area contributed by atoms with E-state index < -0.39 is 17.6 Å². The maximum Gasteiger partial charge on any atom is 0.416 e. The zero-order chi connectivity index (χ0) is 29.3. The maximum absolute atomic E-state index is 13.7. The first-order valence-corrected chi connectivity index (χ1v) is 14.5. The molecule has 2 aromatic carbocycles. The predicted molar refractivity (Wildman–Crippen MR) is 148 cm³/mol. The number of ether oxygens (including phenoxy) is 1. The Labute approximate surface area is 245 Å². The summed E-state index contributed by atoms with van der Waals surface area (Å²) >= 11 is 3.09. The van der Waals surface area contributed by atoms with E-state index in [1.165, 1.54) is 23.1 Å². The van der Waals surface area contributed by atoms with Gasteiger partial charge >= 0.3 is 6.18 Å². The quantitative estimate of drug-likeness (QED) is 0.407. The molecule has 41 heavy (non-hydrogen) atoms. The van der Waals surface area contributed by atoms with Crippen molar-refractivity contribution in [2.45, 2.75) is 30.6 Å². The number of piperazine rings is 1. The Morgan fingerprint density at radius 1 is 1.10 bits per heavy atom. The van der Waals surface area contributed by atoms with E-state index in [0.717, 1.165) is 57.0 Å². The van der Waals surface area contributed by atoms with E-state index in [9.17, 15) is 27.2 Å². The molecule has 2 amide bonds. The van der Waals surface area contributed by atoms with Crippen LogP contribution in [0.25, 0.3) is 0 Å². The van der Waals surface area contributed by atoms with Gasteiger partial charge in [0.2, 0.25) is 5.91 Å². The van der Waals surface area contributed by atoms with Crippen LogP contribution in [-0.2, 0) is 15.7 Å². The molecule has 7 nitrogen and oxygen atoms in total. The molecule has 3 aliphatic heterocycles. The third-order valence-corrected chi connectivity index (χ3v) is 8.73. The molecule has 0 aliphatic carbocycles. The number of benzene rings is 2. The van der Waals surface area contributed by atoms with Gasteiger partial charge in [-0.15, -0.1) is 0 Å². The van der Waals surface area contributed by atoms with Gasteiger partial charge < -0.3 is 19.4 Å². The zero-order valence-electron chi connectivity index (χ0n) is 22.7. The van der Waals surface area contributed by atoms with Crippen molar-refractivity contribution < 1.29 is 31.9 Å². The molecular formula is C29H33BrF4N4O3. The molecular weight excluding hydrogens is 608 g/mol. The minimum absolute atomic E-state index is 0.0530. The van der Waals surface area contributed by atoms with E-state index in [0.29, 0.717) is 19.1 Å². The number of amides is 2. The zero-order valence-corrected chi connectivity index (χ0v) is 24.3. The van der Waals surface area contributed by atoms with Crippen molar-refractivity contribution in [2.24, 2.45) is 0 Å². The van der Waals surface area contributed by atoms with Gasteiger partial charge in [-0.05, 0) is 48.9 Å². The highest BCUT2D eigenvalue weighted by atomic mass is 79.9. The van der Waals surface area contributed by atoms with Crippen molar-refractivity contribution >= 4 is 27.7 Å². The molecule has 3 saturated heterocycles. The summed E-state index contributed by atoms with van der Waals surface area (Å²) in [7, 11) is 1.58. The van der Waals surface area contributed by atoms with Gasteiger partial charge in [-0.25, -0.2) is 4.39 Å². The number of hydrogen-bond acceptors (Lipinski definition) is 5. The SMILES string of the molecule is CN(C[C@@H](CCN1CC(N2CCN3C(=O)COCC3C2)C1)c1ccc(F)cc1)C(=O)c1cc(Br)cc(C(F)(F)F)c1. The molecule has 12 heteroatoms. The number of likely N-dealkylation sites (N-methyl/N-ethyl adjacent to an activating group) is 1. The highest BCUT2D eigenvalue weighted by molar-refractivity contribution is 9.10. The molecule has 0 spiro atoms. The lowest BCUT2D eigenvalue weighted by Gasteiger charge is -2.51. The summed E-state index contributed by atoms with van der Waals surface area (Å²) in [6.45, 7) is 5.93. The first kappa shape index (κ1) is 29.9. The minimum atomic E-state index is -4.57. The molecule has 5 rings (SSSR count). The van der Waals surface area contributed by atoms with E-state index in [1.54, 1.807) is 19.2 Å². The second kappa shape index (κ2) is 12.4. The van der Waals surface area contributed by atoms with Gasteiger partial charge in [-0.2, -0.15) is 13.2 Å². The summed E-state index contributed by atoms with van der Waals surface area (Å²) in [5, 5.41) is 0. The second-order valence-corrected chi connectivity index (χ2v) is 12.0. The molecule has 222 valence electrons. The summed E-state index contributed by atoms with van der Waals surface area (Å²) in [6, 6.07) is 9.87. The Bertz CT molecular complexity index is 1260. The maximum atomic E-state index is 13.7. The summed E-state index contributed by atoms with van der Waals surface area (Å²) in [5.74, 6) is -0.947. The van der Waals surface area contributed by atoms with Crippen LogP contribution in [0.15, 0.2) is 46.9 Å². The molecule has 0 N–H and O–H groups in total. The van der Waals surface area contributed by atoms with Crippen LogP contribution in [0.4, 0.5) is 17.6 Å². The number of rotatable bonds is 8. The lowest BCUT2D eigenvalue weighted by molar-refractivity contribution is -0.154. The Morgan fingerprint density at radius 2 is 1.83 bits per heavy atom. The Morgan fingerprint density at radius 3 is 2.54 bits per heavy atom. The standard InChI is InChI=1S/C29H33BrF4N4O3/c1-35(28(40)21-10-22(29(32,33)34)12-23(30)11-21)13-20(19-2-4-24(31)5-3-19)6-7-36-14-25(15-36)37-8-9-38-26(16-37)17-41-18-27(38)39/h2-5,10-12,20,25-26H,6-9,13-18H2,1H3/t20-,26?/m1/s1. The fourth-order valence-corrected chi connectivity index (χ4v) is 6.44. The van der Waals surface area contributed by atoms with Gasteiger partial charge in [0.25, 0.3) is 5.91 Å². The van der Waals surface area contributed by atoms with Crippen LogP contribution >= 0.6 is 15.9 Å². The topological polar surface area (TPSA) is 56.3 Å². The molecule has 0 saturated carbocycles. The third kappa shape index (κ3) is 7.10. The van der Waals surface area contributed by atoms with Crippen molar-refractivity contribution in [2.75, 3.05) is 66.1 Å². The van der Waals surface area contributed by atoms with Gasteiger partial charge in [-0.1, -0.05) is 28.1 Å². The number of halogens is 5. The van der Waals surface area contributed by atoms with Crippen LogP contribution in [-0.4, -0.2) is 110 Å². The molecule has 2 atom stereocenters. The molecule has 3 heterocycles. The first-order valence-electron chi connectivity index (χ1n) is 13.7. The number of morpholine rings is 1. The fraction of sp³-hybridized carbons (Fsp3) is 0.517. The summed E-state index contributed by atoms with van der Waals surface area (Å²) < 4.78 is 59.2. The van der Waals surface area contributed by atoms with Crippen LogP contribution in [0.2, 0.25) is 0 Å². The van der Waals surface area contributed by atoms with Gasteiger partial charge in [0, 0.05) is 68.3 Å². The predicted octanol–water partition coefficient (Wildman–Crippen LogP) is 4.08. The van der Waals surface area contributed by atoms with Crippen LogP contribution in [0.1, 0.15) is 33.8 Å². The molecule has 0 aromatic heterocycles. The Balaban J connectivity index is 1.19. The number of hydrogen-bond donors (Lipinski definition) is 0. The number of nitrogens with zero attached hydrogens (tertiary/aromatic N) is 4. The average Bonchev–Trinajstić information content (AvgIpc) is 2.90. The molecule has 0 radical (unpaired) electrons. The Kier molecular flexibility index (Phi) is 9.03. The first-order chi connectivity index (χ1) is 19.5. The monoisotopic (exact) mass is 640 g/mol. The molecule has 3 fully saturated rings. The van der Waals surface area contributed by atoms with E-state index in [1.807, 2.05) is 4.90 Å². The number of likely N-dealkylation sites (tertiary alicyclic amines) is 1. The molecule has 1 unspecified atom stereocenters. The number of fused-ring (bicyclic) bond motifs is 1. The van der Waals surface area contributed by atoms with Crippen LogP contribution in [0.3, 0.4) is 0 Å². The lowest BCUT2D eigenvalue weighted by Crippen LogP contribution is -2.67. The van der Waals surface area contributed by atoms with Crippen molar-refractivity contribution in [3.63, 3.8) is 0 Å². The van der Waals surface area contributed by atoms with E-state index in [-0.39, 0.29) is 46.9 Å². The highest BCUT2D eigenvalue weighted by Crippen LogP contribution is 2.33. The largest absolute Gasteiger partial charge is 0.416 e. The van der Waals surface area contributed by atoms with Crippen LogP contribution < -0.4 is 0 Å². The molecule has 3 aliphatic rings. The number of carbonyl (C=O) groups excluding carboxylic acids is 2. The minimum Gasteiger partial charge on any atom is -0.369 e. The number of alkyl halides is 3. The van der Waals surface area contributed by atoms with Crippen molar-refractivity contribution in [1.82, 2.24) is 19.6 Å². The summed E-state index contributed by atoms with van der Waals surface area (Å²) in [5.41, 5.74) is -0.0793. The smallest absolute Gasteiger partial charge is 0.369 e. The van der Waals surface area contributed by atoms with E-state index >= 15 is 0 Å². The molecule has 2 aromatic rings. The van der Waals surface area contributed by atoms with Gasteiger partial charge in [0.1, 0.15) is 12.4 Å². The van der Waals surface area contributed by atoms with Crippen molar-refractivity contribution in [3.05, 3.63) is 69.4 Å². The van der Waals surface area contributed by atoms with Gasteiger partial charge in [0.05, 0.1) is 18.2 Å². The fourth-order valence-electron chi connectivity index (χ4n) is 5.95. The Hall–Kier alpha value is -2.54. The lowest BCUT2D eigenvalue weighted by atomic mass is 9.93. The van der Waals surface area contributed by atoms with Crippen molar-refractivity contribution in [1.29, 1.82) is 0 Å². The van der Waals surface area contributed by atoms with Crippen LogP contribution in [0.5, 0.6) is 0 Å². The second-order valence-electron chi connectivity index (χ2n) is 11.1. The van der Waals surface area contributed by atoms with E-state index in [2.05, 4.69) is 25.7 Å². The van der Waals surface area contributed by atoms with Gasteiger partial charge in [-0.3, -0.25) is 14.5 Å². The third-order valence-electron chi connectivity index (χ3n) is 8.27. The van der Waals surface area contributed by atoms with Gasteiger partial charge in [0.15, 0.2) is 0 Å². The average molecular weight is 642 g/mol. The van der Waals surface area contributed by atoms with Crippen LogP contribution in [0, 0.1) is 5.82 Å².